The number of nitrogens with zero attached hydrogens (tertiary/aromatic N) is 1. The Morgan fingerprint density at radius 3 is 2.52 bits per heavy atom. The van der Waals surface area contributed by atoms with E-state index in [0.717, 1.165) is 4.90 Å². The molecular weight excluding hydrogens is 377 g/mol. The summed E-state index contributed by atoms with van der Waals surface area (Å²) in [7, 11) is 0. The molecule has 0 aliphatic carbocycles. The van der Waals surface area contributed by atoms with Gasteiger partial charge in [-0.15, -0.1) is 0 Å². The molecule has 0 radical (unpaired) electrons. The minimum absolute atomic E-state index is 0.102. The van der Waals surface area contributed by atoms with Crippen molar-refractivity contribution < 1.29 is 28.4 Å². The van der Waals surface area contributed by atoms with Crippen LogP contribution in [-0.4, -0.2) is 62.1 Å². The molecule has 152 valence electrons. The van der Waals surface area contributed by atoms with Gasteiger partial charge in [0.15, 0.2) is 18.0 Å². The molecule has 2 amide bonds. The highest BCUT2D eigenvalue weighted by Gasteiger charge is 2.34. The maximum atomic E-state index is 13.7. The molecule has 0 saturated carbocycles. The predicted molar refractivity (Wildman–Crippen MR) is 104 cm³/mol. The van der Waals surface area contributed by atoms with Crippen molar-refractivity contribution in [3.05, 3.63) is 54.3 Å². The molecule has 2 aliphatic heterocycles. The van der Waals surface area contributed by atoms with Gasteiger partial charge in [0.05, 0.1) is 31.9 Å². The van der Waals surface area contributed by atoms with Crippen LogP contribution >= 0.6 is 0 Å². The SMILES string of the molecule is O=C(C[NH+]1CCN(C(=O)[C@H]2COc3ccccc3O2)CC1)Nc1ccccc1F. The molecule has 0 unspecified atom stereocenters. The second-order valence-corrected chi connectivity index (χ2v) is 7.14. The molecule has 29 heavy (non-hydrogen) atoms. The quantitative estimate of drug-likeness (QED) is 0.776. The van der Waals surface area contributed by atoms with Crippen molar-refractivity contribution in [2.45, 2.75) is 6.10 Å². The van der Waals surface area contributed by atoms with Gasteiger partial charge in [0.1, 0.15) is 12.4 Å². The molecule has 2 aromatic carbocycles. The van der Waals surface area contributed by atoms with Crippen molar-refractivity contribution >= 4 is 17.5 Å². The summed E-state index contributed by atoms with van der Waals surface area (Å²) >= 11 is 0. The Kier molecular flexibility index (Phi) is 5.62. The number of nitrogens with one attached hydrogen (secondary N) is 2. The van der Waals surface area contributed by atoms with Crippen LogP contribution in [0, 0.1) is 5.82 Å². The molecule has 0 aromatic heterocycles. The van der Waals surface area contributed by atoms with Gasteiger partial charge in [0, 0.05) is 0 Å². The summed E-state index contributed by atoms with van der Waals surface area (Å²) < 4.78 is 25.1. The van der Waals surface area contributed by atoms with E-state index in [1.165, 1.54) is 12.1 Å². The summed E-state index contributed by atoms with van der Waals surface area (Å²) in [5.74, 6) is 0.417. The largest absolute Gasteiger partial charge is 0.485 e. The molecule has 4 rings (SSSR count). The third kappa shape index (κ3) is 4.48. The number of para-hydroxylation sites is 3. The summed E-state index contributed by atoms with van der Waals surface area (Å²) in [5, 5.41) is 2.60. The number of quaternary nitrogens is 1. The Bertz CT molecular complexity index is 899. The second-order valence-electron chi connectivity index (χ2n) is 7.14. The first-order valence-corrected chi connectivity index (χ1v) is 9.65. The normalized spacial score (nSPS) is 18.9. The highest BCUT2D eigenvalue weighted by Crippen LogP contribution is 2.31. The Labute approximate surface area is 168 Å². The maximum Gasteiger partial charge on any atom is 0.279 e. The number of fused-ring (bicyclic) bond motifs is 1. The van der Waals surface area contributed by atoms with Gasteiger partial charge in [-0.25, -0.2) is 4.39 Å². The molecule has 1 fully saturated rings. The van der Waals surface area contributed by atoms with Gasteiger partial charge < -0.3 is 24.6 Å². The fourth-order valence-electron chi connectivity index (χ4n) is 3.55. The van der Waals surface area contributed by atoms with E-state index in [-0.39, 0.29) is 30.7 Å². The monoisotopic (exact) mass is 400 g/mol. The zero-order chi connectivity index (χ0) is 20.2. The van der Waals surface area contributed by atoms with Crippen LogP contribution in [0.15, 0.2) is 48.5 Å². The van der Waals surface area contributed by atoms with E-state index in [2.05, 4.69) is 5.32 Å². The molecule has 1 atom stereocenters. The average molecular weight is 400 g/mol. The lowest BCUT2D eigenvalue weighted by atomic mass is 10.2. The standard InChI is InChI=1S/C21H22FN3O4/c22-15-5-1-2-6-16(15)23-20(26)13-24-9-11-25(12-10-24)21(27)19-14-28-17-7-3-4-8-18(17)29-19/h1-8,19H,9-14H2,(H,23,26)/p+1/t19-/m1/s1. The van der Waals surface area contributed by atoms with Crippen LogP contribution < -0.4 is 19.7 Å². The predicted octanol–water partition coefficient (Wildman–Crippen LogP) is 0.331. The fraction of sp³-hybridized carbons (Fsp3) is 0.333. The van der Waals surface area contributed by atoms with E-state index < -0.39 is 11.9 Å². The van der Waals surface area contributed by atoms with Crippen LogP contribution in [0.2, 0.25) is 0 Å². The minimum atomic E-state index is -0.657. The summed E-state index contributed by atoms with van der Waals surface area (Å²) in [4.78, 5) is 27.8. The van der Waals surface area contributed by atoms with Crippen LogP contribution in [-0.2, 0) is 9.59 Å². The zero-order valence-electron chi connectivity index (χ0n) is 15.9. The van der Waals surface area contributed by atoms with Crippen molar-refractivity contribution in [2.75, 3.05) is 44.6 Å². The Morgan fingerprint density at radius 1 is 1.07 bits per heavy atom. The third-order valence-corrected chi connectivity index (χ3v) is 5.12. The van der Waals surface area contributed by atoms with E-state index in [9.17, 15) is 14.0 Å². The number of hydrogen-bond donors (Lipinski definition) is 2. The lowest BCUT2D eigenvalue weighted by molar-refractivity contribution is -0.895. The van der Waals surface area contributed by atoms with E-state index in [1.807, 2.05) is 18.2 Å². The minimum Gasteiger partial charge on any atom is -0.485 e. The molecule has 0 spiro atoms. The summed E-state index contributed by atoms with van der Waals surface area (Å²) in [5.41, 5.74) is 0.181. The van der Waals surface area contributed by atoms with Crippen molar-refractivity contribution in [3.63, 3.8) is 0 Å². The number of carbonyl (C=O) groups is 2. The first-order chi connectivity index (χ1) is 14.1. The molecule has 8 heteroatoms. The van der Waals surface area contributed by atoms with E-state index in [0.29, 0.717) is 37.7 Å². The number of anilines is 1. The van der Waals surface area contributed by atoms with Crippen LogP contribution in [0.5, 0.6) is 11.5 Å². The van der Waals surface area contributed by atoms with Crippen LogP contribution in [0.4, 0.5) is 10.1 Å². The summed E-state index contributed by atoms with van der Waals surface area (Å²) in [6.07, 6.45) is -0.657. The van der Waals surface area contributed by atoms with E-state index in [1.54, 1.807) is 23.1 Å². The molecule has 2 heterocycles. The summed E-state index contributed by atoms with van der Waals surface area (Å²) in [6.45, 7) is 2.76. The van der Waals surface area contributed by atoms with Gasteiger partial charge in [0.25, 0.3) is 11.8 Å². The van der Waals surface area contributed by atoms with Gasteiger partial charge >= 0.3 is 0 Å². The van der Waals surface area contributed by atoms with Crippen molar-refractivity contribution in [1.82, 2.24) is 4.90 Å². The molecule has 1 saturated heterocycles. The van der Waals surface area contributed by atoms with E-state index >= 15 is 0 Å². The third-order valence-electron chi connectivity index (χ3n) is 5.12. The Balaban J connectivity index is 1.26. The van der Waals surface area contributed by atoms with Gasteiger partial charge in [-0.3, -0.25) is 9.59 Å². The van der Waals surface area contributed by atoms with Crippen LogP contribution in [0.25, 0.3) is 0 Å². The number of benzene rings is 2. The second kappa shape index (κ2) is 8.48. The van der Waals surface area contributed by atoms with Crippen LogP contribution in [0.3, 0.4) is 0 Å². The molecule has 7 nitrogen and oxygen atoms in total. The lowest BCUT2D eigenvalue weighted by Crippen LogP contribution is -3.15. The number of ether oxygens (including phenoxy) is 2. The maximum absolute atomic E-state index is 13.7. The number of hydrogen-bond acceptors (Lipinski definition) is 4. The highest BCUT2D eigenvalue weighted by molar-refractivity contribution is 5.91. The molecule has 2 aliphatic rings. The Hall–Kier alpha value is -3.13. The van der Waals surface area contributed by atoms with Gasteiger partial charge in [-0.2, -0.15) is 0 Å². The fourth-order valence-corrected chi connectivity index (χ4v) is 3.55. The number of carbonyl (C=O) groups excluding carboxylic acids is 2. The smallest absolute Gasteiger partial charge is 0.279 e. The first kappa shape index (κ1) is 19.2. The Morgan fingerprint density at radius 2 is 1.76 bits per heavy atom. The van der Waals surface area contributed by atoms with Gasteiger partial charge in [0.2, 0.25) is 6.10 Å². The number of piperazine rings is 1. The molecular formula is C21H23FN3O4+. The van der Waals surface area contributed by atoms with Crippen LogP contribution in [0.1, 0.15) is 0 Å². The zero-order valence-corrected chi connectivity index (χ0v) is 15.9. The van der Waals surface area contributed by atoms with Crippen molar-refractivity contribution in [2.24, 2.45) is 0 Å². The van der Waals surface area contributed by atoms with Gasteiger partial charge in [-0.05, 0) is 24.3 Å². The van der Waals surface area contributed by atoms with E-state index in [4.69, 9.17) is 9.47 Å². The molecule has 2 N–H and O–H groups in total. The topological polar surface area (TPSA) is 72.3 Å². The number of rotatable bonds is 4. The van der Waals surface area contributed by atoms with Gasteiger partial charge in [-0.1, -0.05) is 24.3 Å². The number of halogens is 1. The highest BCUT2D eigenvalue weighted by atomic mass is 19.1. The summed E-state index contributed by atoms with van der Waals surface area (Å²) in [6, 6.07) is 13.4. The average Bonchev–Trinajstić information content (AvgIpc) is 2.75. The molecule has 0 bridgehead atoms. The molecule has 2 aromatic rings. The first-order valence-electron chi connectivity index (χ1n) is 9.65. The van der Waals surface area contributed by atoms with Crippen molar-refractivity contribution in [1.29, 1.82) is 0 Å². The number of amides is 2. The lowest BCUT2D eigenvalue weighted by Gasteiger charge is -2.35. The van der Waals surface area contributed by atoms with Crippen molar-refractivity contribution in [3.8, 4) is 11.5 Å².